The maximum Gasteiger partial charge on any atom is 0.269 e. The highest BCUT2D eigenvalue weighted by atomic mass is 79.9. The lowest BCUT2D eigenvalue weighted by Crippen LogP contribution is -2.36. The molecule has 3 heterocycles. The summed E-state index contributed by atoms with van der Waals surface area (Å²) in [4.78, 5) is 30.2. The molecule has 0 spiro atoms. The predicted molar refractivity (Wildman–Crippen MR) is 124 cm³/mol. The highest BCUT2D eigenvalue weighted by Crippen LogP contribution is 2.25. The van der Waals surface area contributed by atoms with Gasteiger partial charge in [0.15, 0.2) is 9.84 Å². The van der Waals surface area contributed by atoms with Crippen LogP contribution >= 0.6 is 15.9 Å². The van der Waals surface area contributed by atoms with E-state index in [0.29, 0.717) is 11.4 Å². The third-order valence-corrected chi connectivity index (χ3v) is 7.28. The number of amides is 1. The van der Waals surface area contributed by atoms with Crippen LogP contribution in [0.5, 0.6) is 11.6 Å². The first-order valence-corrected chi connectivity index (χ1v) is 12.4. The molecule has 1 aliphatic rings. The maximum atomic E-state index is 13.2. The van der Waals surface area contributed by atoms with Gasteiger partial charge in [0.25, 0.3) is 11.5 Å². The Morgan fingerprint density at radius 2 is 2.03 bits per heavy atom. The van der Waals surface area contributed by atoms with Crippen LogP contribution in [0, 0.1) is 11.3 Å². The number of hydrogen-bond donors (Lipinski definition) is 1. The lowest BCUT2D eigenvalue weighted by molar-refractivity contribution is -0.117. The van der Waals surface area contributed by atoms with E-state index < -0.39 is 27.3 Å². The summed E-state index contributed by atoms with van der Waals surface area (Å²) < 4.78 is 31.3. The monoisotopic (exact) mass is 528 g/mol. The number of carbonyl (C=O) groups excluding carboxylic acids is 1. The molecular formula is C22H17BrN4O5S. The van der Waals surface area contributed by atoms with Crippen molar-refractivity contribution in [3.8, 4) is 17.7 Å². The molecule has 3 aromatic rings. The van der Waals surface area contributed by atoms with E-state index in [2.05, 4.69) is 26.2 Å². The van der Waals surface area contributed by atoms with Gasteiger partial charge in [0, 0.05) is 16.7 Å². The third-order valence-electron chi connectivity index (χ3n) is 4.98. The van der Waals surface area contributed by atoms with E-state index in [-0.39, 0.29) is 34.9 Å². The Bertz CT molecular complexity index is 1470. The van der Waals surface area contributed by atoms with Crippen LogP contribution in [0.25, 0.3) is 11.7 Å². The molecule has 33 heavy (non-hydrogen) atoms. The fraction of sp³-hybridized carbons (Fsp3) is 0.182. The Morgan fingerprint density at radius 3 is 2.70 bits per heavy atom. The van der Waals surface area contributed by atoms with Gasteiger partial charge in [0.2, 0.25) is 5.88 Å². The van der Waals surface area contributed by atoms with E-state index in [0.717, 1.165) is 10.5 Å². The quantitative estimate of drug-likeness (QED) is 0.397. The van der Waals surface area contributed by atoms with Gasteiger partial charge in [-0.1, -0.05) is 22.0 Å². The molecule has 1 N–H and O–H groups in total. The summed E-state index contributed by atoms with van der Waals surface area (Å²) in [5.41, 5.74) is -0.662. The van der Waals surface area contributed by atoms with Gasteiger partial charge in [-0.05, 0) is 48.9 Å². The Morgan fingerprint density at radius 1 is 1.27 bits per heavy atom. The molecule has 0 bridgehead atoms. The largest absolute Gasteiger partial charge is 0.438 e. The molecule has 1 aromatic carbocycles. The van der Waals surface area contributed by atoms with E-state index in [1.54, 1.807) is 48.5 Å². The minimum absolute atomic E-state index is 0.0231. The Labute approximate surface area is 197 Å². The number of halogens is 1. The number of benzene rings is 1. The van der Waals surface area contributed by atoms with Crippen LogP contribution in [0.15, 0.2) is 63.5 Å². The standard InChI is InChI=1S/C22H17BrN4O5S/c23-15-4-6-17(7-5-15)32-21-18(22(29)27-9-2-1-3-19(27)26-21)11-14(12-24)20(28)25-16-8-10-33(30,31)13-16/h1-7,9,11,16H,8,10,13H2,(H,25,28)/b14-11+/t16-/m0/s1. The first-order chi connectivity index (χ1) is 15.8. The number of pyridine rings is 1. The Balaban J connectivity index is 1.75. The number of hydrogen-bond acceptors (Lipinski definition) is 7. The number of nitrogens with zero attached hydrogens (tertiary/aromatic N) is 3. The molecule has 2 aromatic heterocycles. The van der Waals surface area contributed by atoms with Crippen molar-refractivity contribution >= 4 is 43.4 Å². The summed E-state index contributed by atoms with van der Waals surface area (Å²) in [6, 6.07) is 13.0. The molecule has 1 atom stereocenters. The van der Waals surface area contributed by atoms with Crippen LogP contribution in [0.2, 0.25) is 0 Å². The van der Waals surface area contributed by atoms with Gasteiger partial charge < -0.3 is 10.1 Å². The zero-order valence-electron chi connectivity index (χ0n) is 17.1. The van der Waals surface area contributed by atoms with Crippen LogP contribution < -0.4 is 15.6 Å². The molecule has 0 radical (unpaired) electrons. The Hall–Kier alpha value is -3.49. The van der Waals surface area contributed by atoms with Crippen molar-refractivity contribution in [1.29, 1.82) is 5.26 Å². The molecule has 1 saturated heterocycles. The second-order valence-corrected chi connectivity index (χ2v) is 10.5. The van der Waals surface area contributed by atoms with E-state index >= 15 is 0 Å². The van der Waals surface area contributed by atoms with Gasteiger partial charge >= 0.3 is 0 Å². The van der Waals surface area contributed by atoms with Crippen molar-refractivity contribution in [1.82, 2.24) is 14.7 Å². The molecule has 168 valence electrons. The van der Waals surface area contributed by atoms with Gasteiger partial charge in [-0.25, -0.2) is 8.42 Å². The molecular weight excluding hydrogens is 512 g/mol. The van der Waals surface area contributed by atoms with Gasteiger partial charge in [0.1, 0.15) is 28.6 Å². The van der Waals surface area contributed by atoms with Crippen molar-refractivity contribution in [2.75, 3.05) is 11.5 Å². The third kappa shape index (κ3) is 5.13. The van der Waals surface area contributed by atoms with Crippen molar-refractivity contribution in [3.05, 3.63) is 74.6 Å². The molecule has 9 nitrogen and oxygen atoms in total. The summed E-state index contributed by atoms with van der Waals surface area (Å²) in [5, 5.41) is 12.1. The number of aromatic nitrogens is 2. The first-order valence-electron chi connectivity index (χ1n) is 9.83. The number of fused-ring (bicyclic) bond motifs is 1. The summed E-state index contributed by atoms with van der Waals surface area (Å²) in [7, 11) is -3.21. The second kappa shape index (κ2) is 9.17. The van der Waals surface area contributed by atoms with Crippen LogP contribution in [0.3, 0.4) is 0 Å². The molecule has 0 unspecified atom stereocenters. The molecule has 0 aliphatic carbocycles. The van der Waals surface area contributed by atoms with Crippen molar-refractivity contribution < 1.29 is 17.9 Å². The average Bonchev–Trinajstić information content (AvgIpc) is 3.13. The van der Waals surface area contributed by atoms with E-state index in [4.69, 9.17) is 4.74 Å². The molecule has 11 heteroatoms. The molecule has 1 aliphatic heterocycles. The summed E-state index contributed by atoms with van der Waals surface area (Å²) in [6.07, 6.45) is 2.90. The van der Waals surface area contributed by atoms with Gasteiger partial charge in [0.05, 0.1) is 11.5 Å². The SMILES string of the molecule is N#C/C(=C\c1c(Oc2ccc(Br)cc2)nc2ccccn2c1=O)C(=O)N[C@H]1CCS(=O)(=O)C1. The summed E-state index contributed by atoms with van der Waals surface area (Å²) in [5.74, 6) is -0.649. The lowest BCUT2D eigenvalue weighted by Gasteiger charge is -2.12. The number of rotatable bonds is 5. The fourth-order valence-corrected chi connectivity index (χ4v) is 5.30. The smallest absolute Gasteiger partial charge is 0.269 e. The van der Waals surface area contributed by atoms with E-state index in [1.165, 1.54) is 10.6 Å². The summed E-state index contributed by atoms with van der Waals surface area (Å²) in [6.45, 7) is 0. The van der Waals surface area contributed by atoms with Crippen LogP contribution in [-0.4, -0.2) is 41.3 Å². The average molecular weight is 529 g/mol. The van der Waals surface area contributed by atoms with E-state index in [1.807, 2.05) is 0 Å². The molecule has 4 rings (SSSR count). The molecule has 0 saturated carbocycles. The van der Waals surface area contributed by atoms with Crippen LogP contribution in [0.1, 0.15) is 12.0 Å². The van der Waals surface area contributed by atoms with Gasteiger partial charge in [-0.3, -0.25) is 14.0 Å². The number of nitrogens with one attached hydrogen (secondary N) is 1. The molecule has 1 amide bonds. The van der Waals surface area contributed by atoms with Gasteiger partial charge in [-0.2, -0.15) is 10.2 Å². The Kier molecular flexibility index (Phi) is 6.31. The van der Waals surface area contributed by atoms with Gasteiger partial charge in [-0.15, -0.1) is 0 Å². The van der Waals surface area contributed by atoms with Crippen molar-refractivity contribution in [3.63, 3.8) is 0 Å². The number of carbonyl (C=O) groups is 1. The highest BCUT2D eigenvalue weighted by Gasteiger charge is 2.29. The fourth-order valence-electron chi connectivity index (χ4n) is 3.36. The zero-order chi connectivity index (χ0) is 23.6. The minimum Gasteiger partial charge on any atom is -0.438 e. The normalized spacial score (nSPS) is 17.5. The summed E-state index contributed by atoms with van der Waals surface area (Å²) >= 11 is 3.34. The van der Waals surface area contributed by atoms with Crippen molar-refractivity contribution in [2.24, 2.45) is 0 Å². The predicted octanol–water partition coefficient (Wildman–Crippen LogP) is 2.46. The van der Waals surface area contributed by atoms with Crippen molar-refractivity contribution in [2.45, 2.75) is 12.5 Å². The lowest BCUT2D eigenvalue weighted by atomic mass is 10.1. The highest BCUT2D eigenvalue weighted by molar-refractivity contribution is 9.10. The van der Waals surface area contributed by atoms with E-state index in [9.17, 15) is 23.3 Å². The van der Waals surface area contributed by atoms with Crippen LogP contribution in [-0.2, 0) is 14.6 Å². The minimum atomic E-state index is -3.21. The van der Waals surface area contributed by atoms with Crippen LogP contribution in [0.4, 0.5) is 0 Å². The second-order valence-electron chi connectivity index (χ2n) is 7.36. The number of ether oxygens (including phenoxy) is 1. The first kappa shape index (κ1) is 22.7. The topological polar surface area (TPSA) is 131 Å². The maximum absolute atomic E-state index is 13.2. The zero-order valence-corrected chi connectivity index (χ0v) is 19.5. The number of sulfone groups is 1. The molecule has 1 fully saturated rings. The number of nitriles is 1.